The van der Waals surface area contributed by atoms with Crippen molar-refractivity contribution >= 4 is 15.9 Å². The molecule has 0 bridgehead atoms. The second-order valence-electron chi connectivity index (χ2n) is 3.39. The van der Waals surface area contributed by atoms with Gasteiger partial charge in [-0.25, -0.2) is 9.67 Å². The van der Waals surface area contributed by atoms with Crippen molar-refractivity contribution in [3.63, 3.8) is 0 Å². The Labute approximate surface area is 106 Å². The third kappa shape index (κ3) is 2.16. The molecule has 0 saturated heterocycles. The molecule has 90 valence electrons. The fourth-order valence-corrected chi connectivity index (χ4v) is 2.10. The van der Waals surface area contributed by atoms with E-state index in [9.17, 15) is 5.11 Å². The topological polar surface area (TPSA) is 73.1 Å². The van der Waals surface area contributed by atoms with Gasteiger partial charge in [0.25, 0.3) is 0 Å². The Kier molecular flexibility index (Phi) is 3.39. The second-order valence-corrected chi connectivity index (χ2v) is 4.14. The van der Waals surface area contributed by atoms with Gasteiger partial charge in [-0.2, -0.15) is 0 Å². The summed E-state index contributed by atoms with van der Waals surface area (Å²) in [6.07, 6.45) is 0.707. The van der Waals surface area contributed by atoms with Gasteiger partial charge >= 0.3 is 0 Å². The molecule has 17 heavy (non-hydrogen) atoms. The van der Waals surface area contributed by atoms with Gasteiger partial charge in [0, 0.05) is 18.8 Å². The first kappa shape index (κ1) is 12.0. The molecule has 1 N–H and O–H groups in total. The minimum Gasteiger partial charge on any atom is -0.481 e. The average molecular weight is 299 g/mol. The van der Waals surface area contributed by atoms with Crippen LogP contribution in [0.2, 0.25) is 0 Å². The van der Waals surface area contributed by atoms with Crippen molar-refractivity contribution in [1.82, 2.24) is 20.0 Å². The van der Waals surface area contributed by atoms with Crippen molar-refractivity contribution in [2.75, 3.05) is 7.11 Å². The van der Waals surface area contributed by atoms with Crippen LogP contribution in [0.5, 0.6) is 5.88 Å². The van der Waals surface area contributed by atoms with Crippen molar-refractivity contribution in [2.45, 2.75) is 6.10 Å². The van der Waals surface area contributed by atoms with Gasteiger partial charge in [0.2, 0.25) is 5.88 Å². The standard InChI is InChI=1S/C10H11BrN4O2/c1-15-7(9(11)13-14-15)8(16)6-4-3-5-12-10(6)17-2/h3-5,8,16H,1-2H3. The Morgan fingerprint density at radius 2 is 2.29 bits per heavy atom. The molecule has 0 amide bonds. The predicted molar refractivity (Wildman–Crippen MR) is 63.6 cm³/mol. The van der Waals surface area contributed by atoms with E-state index in [4.69, 9.17) is 4.74 Å². The monoisotopic (exact) mass is 298 g/mol. The highest BCUT2D eigenvalue weighted by Gasteiger charge is 2.22. The van der Waals surface area contributed by atoms with Gasteiger partial charge in [0.1, 0.15) is 11.8 Å². The average Bonchev–Trinajstić information content (AvgIpc) is 2.68. The van der Waals surface area contributed by atoms with Crippen LogP contribution in [0.4, 0.5) is 0 Å². The molecular formula is C10H11BrN4O2. The van der Waals surface area contributed by atoms with Crippen LogP contribution in [0.3, 0.4) is 0 Å². The van der Waals surface area contributed by atoms with E-state index in [1.165, 1.54) is 11.8 Å². The summed E-state index contributed by atoms with van der Waals surface area (Å²) in [5, 5.41) is 17.9. The van der Waals surface area contributed by atoms with Gasteiger partial charge in [-0.15, -0.1) is 5.10 Å². The molecule has 2 aromatic heterocycles. The van der Waals surface area contributed by atoms with E-state index in [1.807, 2.05) is 0 Å². The first-order chi connectivity index (χ1) is 8.15. The number of aromatic nitrogens is 4. The van der Waals surface area contributed by atoms with E-state index >= 15 is 0 Å². The normalized spacial score (nSPS) is 12.5. The van der Waals surface area contributed by atoms with E-state index in [2.05, 4.69) is 31.2 Å². The highest BCUT2D eigenvalue weighted by atomic mass is 79.9. The first-order valence-corrected chi connectivity index (χ1v) is 5.66. The van der Waals surface area contributed by atoms with Gasteiger partial charge < -0.3 is 9.84 Å². The molecule has 2 rings (SSSR count). The van der Waals surface area contributed by atoms with Crippen molar-refractivity contribution in [3.05, 3.63) is 34.2 Å². The number of hydrogen-bond donors (Lipinski definition) is 1. The number of rotatable bonds is 3. The molecule has 0 aromatic carbocycles. The molecule has 2 heterocycles. The molecule has 0 aliphatic rings. The van der Waals surface area contributed by atoms with Crippen LogP contribution in [-0.2, 0) is 7.05 Å². The van der Waals surface area contributed by atoms with Crippen molar-refractivity contribution in [3.8, 4) is 5.88 Å². The quantitative estimate of drug-likeness (QED) is 0.917. The SMILES string of the molecule is COc1ncccc1C(O)c1c(Br)nnn1C. The number of aliphatic hydroxyl groups excluding tert-OH is 1. The first-order valence-electron chi connectivity index (χ1n) is 4.87. The van der Waals surface area contributed by atoms with Crippen molar-refractivity contribution in [1.29, 1.82) is 0 Å². The number of hydrogen-bond acceptors (Lipinski definition) is 5. The molecular weight excluding hydrogens is 288 g/mol. The van der Waals surface area contributed by atoms with Crippen molar-refractivity contribution < 1.29 is 9.84 Å². The van der Waals surface area contributed by atoms with Gasteiger partial charge in [0.15, 0.2) is 4.60 Å². The van der Waals surface area contributed by atoms with E-state index in [-0.39, 0.29) is 0 Å². The fourth-order valence-electron chi connectivity index (χ4n) is 1.56. The number of ether oxygens (including phenoxy) is 1. The lowest BCUT2D eigenvalue weighted by atomic mass is 10.1. The summed E-state index contributed by atoms with van der Waals surface area (Å²) in [6.45, 7) is 0. The molecule has 0 spiro atoms. The molecule has 7 heteroatoms. The molecule has 6 nitrogen and oxygen atoms in total. The molecule has 0 fully saturated rings. The van der Waals surface area contributed by atoms with E-state index in [0.29, 0.717) is 21.7 Å². The van der Waals surface area contributed by atoms with Crippen LogP contribution in [0.15, 0.2) is 22.9 Å². The molecule has 1 unspecified atom stereocenters. The zero-order valence-corrected chi connectivity index (χ0v) is 10.9. The number of pyridine rings is 1. The Balaban J connectivity index is 2.47. The smallest absolute Gasteiger partial charge is 0.219 e. The Morgan fingerprint density at radius 1 is 1.53 bits per heavy atom. The van der Waals surface area contributed by atoms with E-state index in [1.54, 1.807) is 25.4 Å². The molecule has 0 radical (unpaired) electrons. The summed E-state index contributed by atoms with van der Waals surface area (Å²) in [4.78, 5) is 4.04. The summed E-state index contributed by atoms with van der Waals surface area (Å²) in [5.41, 5.74) is 1.12. The maximum absolute atomic E-state index is 10.3. The second kappa shape index (κ2) is 4.80. The maximum Gasteiger partial charge on any atom is 0.219 e. The lowest BCUT2D eigenvalue weighted by Gasteiger charge is -2.13. The molecule has 1 atom stereocenters. The van der Waals surface area contributed by atoms with Crippen LogP contribution >= 0.6 is 15.9 Å². The summed E-state index contributed by atoms with van der Waals surface area (Å²) < 4.78 is 7.11. The van der Waals surface area contributed by atoms with Gasteiger partial charge in [-0.1, -0.05) is 5.21 Å². The number of aliphatic hydroxyl groups is 1. The molecule has 0 aliphatic carbocycles. The van der Waals surface area contributed by atoms with Gasteiger partial charge in [-0.3, -0.25) is 0 Å². The van der Waals surface area contributed by atoms with Crippen LogP contribution in [-0.4, -0.2) is 32.2 Å². The van der Waals surface area contributed by atoms with Crippen molar-refractivity contribution in [2.24, 2.45) is 7.05 Å². The number of nitrogens with zero attached hydrogens (tertiary/aromatic N) is 4. The molecule has 2 aromatic rings. The van der Waals surface area contributed by atoms with Gasteiger partial charge in [0.05, 0.1) is 7.11 Å². The third-order valence-corrected chi connectivity index (χ3v) is 2.94. The third-order valence-electron chi connectivity index (χ3n) is 2.37. The maximum atomic E-state index is 10.3. The Bertz CT molecular complexity index is 509. The largest absolute Gasteiger partial charge is 0.481 e. The van der Waals surface area contributed by atoms with Crippen LogP contribution in [0.1, 0.15) is 17.4 Å². The van der Waals surface area contributed by atoms with E-state index < -0.39 is 6.10 Å². The Morgan fingerprint density at radius 3 is 2.88 bits per heavy atom. The van der Waals surface area contributed by atoms with E-state index in [0.717, 1.165) is 0 Å². The van der Waals surface area contributed by atoms with Crippen LogP contribution in [0.25, 0.3) is 0 Å². The zero-order chi connectivity index (χ0) is 12.4. The summed E-state index contributed by atoms with van der Waals surface area (Å²) in [5.74, 6) is 0.383. The molecule has 0 aliphatic heterocycles. The number of halogens is 1. The summed E-state index contributed by atoms with van der Waals surface area (Å²) >= 11 is 3.25. The number of aryl methyl sites for hydroxylation is 1. The molecule has 0 saturated carbocycles. The highest BCUT2D eigenvalue weighted by molar-refractivity contribution is 9.10. The fraction of sp³-hybridized carbons (Fsp3) is 0.300. The van der Waals surface area contributed by atoms with Crippen LogP contribution < -0.4 is 4.74 Å². The minimum atomic E-state index is -0.895. The van der Waals surface area contributed by atoms with Gasteiger partial charge in [-0.05, 0) is 28.1 Å². The summed E-state index contributed by atoms with van der Waals surface area (Å²) in [6, 6.07) is 3.48. The highest BCUT2D eigenvalue weighted by Crippen LogP contribution is 2.30. The zero-order valence-electron chi connectivity index (χ0n) is 9.33. The minimum absolute atomic E-state index is 0.383. The Hall–Kier alpha value is -1.47. The number of methoxy groups -OCH3 is 1. The van der Waals surface area contributed by atoms with Crippen LogP contribution in [0, 0.1) is 0 Å². The predicted octanol–water partition coefficient (Wildman–Crippen LogP) is 1.06. The lowest BCUT2D eigenvalue weighted by Crippen LogP contribution is -2.09. The summed E-state index contributed by atoms with van der Waals surface area (Å²) in [7, 11) is 3.22. The lowest BCUT2D eigenvalue weighted by molar-refractivity contribution is 0.202.